The van der Waals surface area contributed by atoms with Gasteiger partial charge in [-0.2, -0.15) is 0 Å². The summed E-state index contributed by atoms with van der Waals surface area (Å²) >= 11 is 0. The van der Waals surface area contributed by atoms with Crippen LogP contribution in [0.25, 0.3) is 27.7 Å². The third-order valence-electron chi connectivity index (χ3n) is 7.16. The van der Waals surface area contributed by atoms with Crippen molar-refractivity contribution in [1.82, 2.24) is 4.90 Å². The van der Waals surface area contributed by atoms with E-state index in [1.54, 1.807) is 31.6 Å². The number of hydrogen-bond donors (Lipinski definition) is 0. The highest BCUT2D eigenvalue weighted by Gasteiger charge is 2.23. The number of halogens is 1. The van der Waals surface area contributed by atoms with Crippen molar-refractivity contribution >= 4 is 28.1 Å². The van der Waals surface area contributed by atoms with Crippen LogP contribution in [0.1, 0.15) is 23.6 Å². The summed E-state index contributed by atoms with van der Waals surface area (Å²) in [5.74, 6) is 0.403. The van der Waals surface area contributed by atoms with Gasteiger partial charge in [-0.15, -0.1) is 0 Å². The lowest BCUT2D eigenvalue weighted by molar-refractivity contribution is -0.126. The molecule has 1 aliphatic rings. The van der Waals surface area contributed by atoms with Gasteiger partial charge in [0.2, 0.25) is 5.91 Å². The summed E-state index contributed by atoms with van der Waals surface area (Å²) in [6.45, 7) is 8.21. The molecule has 0 atom stereocenters. The molecule has 5 nitrogen and oxygen atoms in total. The van der Waals surface area contributed by atoms with Gasteiger partial charge in [0.1, 0.15) is 17.1 Å². The Kier molecular flexibility index (Phi) is 6.74. The standard InChI is InChI=1S/C31H31FN2O3/c1-20-9-11-23(12-10-20)26-19-37-31-22(3)30(36-4)24(18-25(26)31)21(2)17-29(35)34-15-13-33(14-16-34)28-8-6-5-7-27(28)32/h5-12,17-19H,13-16H2,1-4H3/b21-17+. The zero-order valence-electron chi connectivity index (χ0n) is 21.7. The molecule has 0 bridgehead atoms. The highest BCUT2D eigenvalue weighted by molar-refractivity contribution is 6.01. The number of para-hydroxylation sites is 1. The van der Waals surface area contributed by atoms with Crippen molar-refractivity contribution < 1.29 is 18.3 Å². The summed E-state index contributed by atoms with van der Waals surface area (Å²) in [5.41, 5.74) is 7.21. The molecule has 1 fully saturated rings. The van der Waals surface area contributed by atoms with Gasteiger partial charge in [0, 0.05) is 54.3 Å². The van der Waals surface area contributed by atoms with Crippen molar-refractivity contribution in [2.45, 2.75) is 20.8 Å². The Labute approximate surface area is 216 Å². The van der Waals surface area contributed by atoms with E-state index in [1.807, 2.05) is 29.7 Å². The average Bonchev–Trinajstić information content (AvgIpc) is 3.34. The Morgan fingerprint density at radius 2 is 1.73 bits per heavy atom. The van der Waals surface area contributed by atoms with Gasteiger partial charge in [-0.3, -0.25) is 4.79 Å². The van der Waals surface area contributed by atoms with Crippen LogP contribution in [0, 0.1) is 19.7 Å². The Hall–Kier alpha value is -4.06. The number of carbonyl (C=O) groups excluding carboxylic acids is 1. The summed E-state index contributed by atoms with van der Waals surface area (Å²) in [6, 6.07) is 17.2. The molecule has 1 amide bonds. The normalized spacial score (nSPS) is 14.4. The number of hydrogen-bond acceptors (Lipinski definition) is 4. The zero-order chi connectivity index (χ0) is 26.1. The molecule has 1 aliphatic heterocycles. The summed E-state index contributed by atoms with van der Waals surface area (Å²) in [5, 5.41) is 0.982. The van der Waals surface area contributed by atoms with E-state index in [4.69, 9.17) is 9.15 Å². The van der Waals surface area contributed by atoms with Crippen molar-refractivity contribution in [3.05, 3.63) is 89.4 Å². The molecule has 0 saturated carbocycles. The van der Waals surface area contributed by atoms with E-state index in [-0.39, 0.29) is 11.7 Å². The molecule has 3 aromatic carbocycles. The van der Waals surface area contributed by atoms with E-state index in [1.165, 1.54) is 11.6 Å². The summed E-state index contributed by atoms with van der Waals surface area (Å²) in [7, 11) is 1.64. The number of amides is 1. The molecular formula is C31H31FN2O3. The SMILES string of the molecule is COc1c(/C(C)=C/C(=O)N2CCN(c3ccccc3F)CC2)cc2c(-c3ccc(C)cc3)coc2c1C. The largest absolute Gasteiger partial charge is 0.496 e. The molecule has 190 valence electrons. The predicted molar refractivity (Wildman–Crippen MR) is 147 cm³/mol. The first-order chi connectivity index (χ1) is 17.9. The van der Waals surface area contributed by atoms with Crippen LogP contribution >= 0.6 is 0 Å². The van der Waals surface area contributed by atoms with Crippen molar-refractivity contribution in [3.8, 4) is 16.9 Å². The third kappa shape index (κ3) is 4.71. The van der Waals surface area contributed by atoms with Crippen LogP contribution in [-0.2, 0) is 4.79 Å². The molecule has 0 unspecified atom stereocenters. The van der Waals surface area contributed by atoms with E-state index >= 15 is 0 Å². The van der Waals surface area contributed by atoms with Crippen molar-refractivity contribution in [3.63, 3.8) is 0 Å². The fourth-order valence-electron chi connectivity index (χ4n) is 5.06. The number of piperazine rings is 1. The van der Waals surface area contributed by atoms with E-state index in [2.05, 4.69) is 37.3 Å². The Balaban J connectivity index is 1.42. The number of methoxy groups -OCH3 is 1. The highest BCUT2D eigenvalue weighted by Crippen LogP contribution is 2.40. The average molecular weight is 499 g/mol. The first kappa shape index (κ1) is 24.6. The molecule has 37 heavy (non-hydrogen) atoms. The van der Waals surface area contributed by atoms with Crippen molar-refractivity contribution in [1.29, 1.82) is 0 Å². The number of nitrogens with zero attached hydrogens (tertiary/aromatic N) is 2. The first-order valence-electron chi connectivity index (χ1n) is 12.5. The van der Waals surface area contributed by atoms with Crippen LogP contribution in [0.2, 0.25) is 0 Å². The molecule has 0 radical (unpaired) electrons. The van der Waals surface area contributed by atoms with Crippen LogP contribution in [-0.4, -0.2) is 44.1 Å². The van der Waals surface area contributed by atoms with Gasteiger partial charge in [-0.05, 0) is 50.1 Å². The maximum atomic E-state index is 14.2. The van der Waals surface area contributed by atoms with Crippen LogP contribution in [0.5, 0.6) is 5.75 Å². The molecule has 0 spiro atoms. The van der Waals surface area contributed by atoms with E-state index in [9.17, 15) is 9.18 Å². The van der Waals surface area contributed by atoms with E-state index in [0.717, 1.165) is 38.8 Å². The van der Waals surface area contributed by atoms with Gasteiger partial charge in [-0.25, -0.2) is 4.39 Å². The predicted octanol–water partition coefficient (Wildman–Crippen LogP) is 6.62. The van der Waals surface area contributed by atoms with E-state index < -0.39 is 0 Å². The second kappa shape index (κ2) is 10.1. The second-order valence-corrected chi connectivity index (χ2v) is 9.57. The molecule has 1 aromatic heterocycles. The van der Waals surface area contributed by atoms with Gasteiger partial charge in [0.15, 0.2) is 0 Å². The van der Waals surface area contributed by atoms with Gasteiger partial charge in [-0.1, -0.05) is 42.0 Å². The van der Waals surface area contributed by atoms with Crippen LogP contribution in [0.15, 0.2) is 71.4 Å². The zero-order valence-corrected chi connectivity index (χ0v) is 21.7. The topological polar surface area (TPSA) is 45.9 Å². The van der Waals surface area contributed by atoms with Crippen molar-refractivity contribution in [2.24, 2.45) is 0 Å². The minimum Gasteiger partial charge on any atom is -0.496 e. The lowest BCUT2D eigenvalue weighted by Gasteiger charge is -2.35. The van der Waals surface area contributed by atoms with Crippen molar-refractivity contribution in [2.75, 3.05) is 38.2 Å². The summed E-state index contributed by atoms with van der Waals surface area (Å²) < 4.78 is 25.9. The fraction of sp³-hybridized carbons (Fsp3) is 0.258. The number of ether oxygens (including phenoxy) is 1. The number of anilines is 1. The van der Waals surface area contributed by atoms with Gasteiger partial charge in [0.05, 0.1) is 19.1 Å². The summed E-state index contributed by atoms with van der Waals surface area (Å²) in [6.07, 6.45) is 3.46. The molecule has 0 N–H and O–H groups in total. The molecular weight excluding hydrogens is 467 g/mol. The minimum absolute atomic E-state index is 0.0589. The number of allylic oxidation sites excluding steroid dienone is 1. The molecule has 0 aliphatic carbocycles. The monoisotopic (exact) mass is 498 g/mol. The number of aryl methyl sites for hydroxylation is 2. The van der Waals surface area contributed by atoms with Crippen LogP contribution < -0.4 is 9.64 Å². The first-order valence-corrected chi connectivity index (χ1v) is 12.5. The molecule has 6 heteroatoms. The maximum absolute atomic E-state index is 14.2. The number of carbonyl (C=O) groups is 1. The Morgan fingerprint density at radius 1 is 1.03 bits per heavy atom. The molecule has 4 aromatic rings. The minimum atomic E-state index is -0.236. The van der Waals surface area contributed by atoms with Crippen LogP contribution in [0.3, 0.4) is 0 Å². The smallest absolute Gasteiger partial charge is 0.246 e. The van der Waals surface area contributed by atoms with Crippen LogP contribution in [0.4, 0.5) is 10.1 Å². The summed E-state index contributed by atoms with van der Waals surface area (Å²) in [4.78, 5) is 17.0. The van der Waals surface area contributed by atoms with Gasteiger partial charge < -0.3 is 19.0 Å². The lowest BCUT2D eigenvalue weighted by atomic mass is 9.96. The third-order valence-corrected chi connectivity index (χ3v) is 7.16. The number of furan rings is 1. The highest BCUT2D eigenvalue weighted by atomic mass is 19.1. The number of rotatable bonds is 5. The molecule has 1 saturated heterocycles. The van der Waals surface area contributed by atoms with Gasteiger partial charge >= 0.3 is 0 Å². The Morgan fingerprint density at radius 3 is 2.41 bits per heavy atom. The second-order valence-electron chi connectivity index (χ2n) is 9.57. The maximum Gasteiger partial charge on any atom is 0.246 e. The molecule has 5 rings (SSSR count). The number of fused-ring (bicyclic) bond motifs is 1. The lowest BCUT2D eigenvalue weighted by Crippen LogP contribution is -2.48. The van der Waals surface area contributed by atoms with E-state index in [0.29, 0.717) is 37.6 Å². The molecule has 2 heterocycles. The quantitative estimate of drug-likeness (QED) is 0.290. The number of benzene rings is 3. The van der Waals surface area contributed by atoms with Gasteiger partial charge in [0.25, 0.3) is 0 Å². The Bertz CT molecular complexity index is 1480. The fourth-order valence-corrected chi connectivity index (χ4v) is 5.06.